The summed E-state index contributed by atoms with van der Waals surface area (Å²) in [6.07, 6.45) is 1.88. The Bertz CT molecular complexity index is 746. The molecule has 0 saturated carbocycles. The fraction of sp³-hybridized carbons (Fsp3) is 0.200. The number of thiazole rings is 1. The summed E-state index contributed by atoms with van der Waals surface area (Å²) < 4.78 is 1.13. The van der Waals surface area contributed by atoms with Gasteiger partial charge in [0.25, 0.3) is 0 Å². The molecule has 4 nitrogen and oxygen atoms in total. The number of nitrogen functional groups attached to an aromatic ring is 1. The van der Waals surface area contributed by atoms with Gasteiger partial charge in [-0.25, -0.2) is 4.98 Å². The minimum absolute atomic E-state index is 0.701. The normalized spacial score (nSPS) is 10.9. The van der Waals surface area contributed by atoms with Crippen LogP contribution in [0.5, 0.6) is 0 Å². The molecule has 1 aromatic carbocycles. The highest BCUT2D eigenvalue weighted by atomic mass is 32.1. The van der Waals surface area contributed by atoms with Crippen molar-refractivity contribution in [1.82, 2.24) is 9.97 Å². The Balaban J connectivity index is 1.83. The number of hydrogen-bond donors (Lipinski definition) is 2. The fourth-order valence-corrected chi connectivity index (χ4v) is 2.92. The van der Waals surface area contributed by atoms with Crippen LogP contribution < -0.4 is 11.1 Å². The van der Waals surface area contributed by atoms with Crippen LogP contribution in [0, 0.1) is 13.8 Å². The zero-order valence-corrected chi connectivity index (χ0v) is 12.3. The van der Waals surface area contributed by atoms with Gasteiger partial charge in [-0.1, -0.05) is 6.07 Å². The second-order valence-corrected chi connectivity index (χ2v) is 6.04. The topological polar surface area (TPSA) is 63.8 Å². The molecule has 0 unspecified atom stereocenters. The molecule has 102 valence electrons. The van der Waals surface area contributed by atoms with Crippen molar-refractivity contribution >= 4 is 32.9 Å². The lowest BCUT2D eigenvalue weighted by molar-refractivity contribution is 1.09. The molecular formula is C15H16N4S. The first-order valence-corrected chi connectivity index (χ1v) is 7.25. The number of fused-ring (bicyclic) bond motifs is 1. The summed E-state index contributed by atoms with van der Waals surface area (Å²) in [6.45, 7) is 4.69. The van der Waals surface area contributed by atoms with Crippen molar-refractivity contribution in [1.29, 1.82) is 0 Å². The predicted octanol–water partition coefficient (Wildman–Crippen LogP) is 3.50. The van der Waals surface area contributed by atoms with Crippen LogP contribution in [0.3, 0.4) is 0 Å². The van der Waals surface area contributed by atoms with Crippen molar-refractivity contribution in [3.05, 3.63) is 46.7 Å². The summed E-state index contributed by atoms with van der Waals surface area (Å²) in [7, 11) is 0. The van der Waals surface area contributed by atoms with Gasteiger partial charge in [0.2, 0.25) is 0 Å². The molecular weight excluding hydrogens is 268 g/mol. The molecule has 0 bridgehead atoms. The number of anilines is 2. The molecule has 0 spiro atoms. The lowest BCUT2D eigenvalue weighted by Gasteiger charge is -2.09. The van der Waals surface area contributed by atoms with Gasteiger partial charge >= 0.3 is 0 Å². The third kappa shape index (κ3) is 2.58. The molecule has 20 heavy (non-hydrogen) atoms. The molecule has 0 saturated heterocycles. The Kier molecular flexibility index (Phi) is 3.28. The van der Waals surface area contributed by atoms with Gasteiger partial charge in [-0.15, -0.1) is 11.3 Å². The van der Waals surface area contributed by atoms with Gasteiger partial charge < -0.3 is 11.1 Å². The van der Waals surface area contributed by atoms with Crippen molar-refractivity contribution in [2.45, 2.75) is 20.4 Å². The zero-order chi connectivity index (χ0) is 14.1. The van der Waals surface area contributed by atoms with Crippen molar-refractivity contribution < 1.29 is 0 Å². The molecule has 2 aromatic heterocycles. The second-order valence-electron chi connectivity index (χ2n) is 4.80. The summed E-state index contributed by atoms with van der Waals surface area (Å²) in [5.74, 6) is 0. The van der Waals surface area contributed by atoms with E-state index in [1.165, 1.54) is 0 Å². The minimum Gasteiger partial charge on any atom is -0.397 e. The maximum Gasteiger partial charge on any atom is 0.0907 e. The third-order valence-corrected chi connectivity index (χ3v) is 4.06. The maximum absolute atomic E-state index is 6.08. The summed E-state index contributed by atoms with van der Waals surface area (Å²) in [5, 5.41) is 4.40. The summed E-state index contributed by atoms with van der Waals surface area (Å²) in [4.78, 5) is 8.78. The van der Waals surface area contributed by atoms with Crippen molar-refractivity contribution in [2.24, 2.45) is 0 Å². The van der Waals surface area contributed by atoms with Crippen LogP contribution in [0.25, 0.3) is 10.2 Å². The molecule has 3 rings (SSSR count). The van der Waals surface area contributed by atoms with Gasteiger partial charge in [-0.3, -0.25) is 4.98 Å². The number of pyridine rings is 1. The first-order valence-electron chi connectivity index (χ1n) is 6.44. The van der Waals surface area contributed by atoms with Crippen LogP contribution in [-0.4, -0.2) is 9.97 Å². The highest BCUT2D eigenvalue weighted by Crippen LogP contribution is 2.29. The molecule has 0 atom stereocenters. The van der Waals surface area contributed by atoms with E-state index in [2.05, 4.69) is 21.4 Å². The number of nitrogens with zero attached hydrogens (tertiary/aromatic N) is 2. The van der Waals surface area contributed by atoms with Gasteiger partial charge in [0.1, 0.15) is 0 Å². The molecule has 5 heteroatoms. The largest absolute Gasteiger partial charge is 0.397 e. The van der Waals surface area contributed by atoms with E-state index in [-0.39, 0.29) is 0 Å². The maximum atomic E-state index is 6.08. The van der Waals surface area contributed by atoms with Gasteiger partial charge in [0.05, 0.1) is 26.6 Å². The van der Waals surface area contributed by atoms with Crippen molar-refractivity contribution in [3.63, 3.8) is 0 Å². The van der Waals surface area contributed by atoms with Crippen LogP contribution >= 0.6 is 11.3 Å². The number of nitrogens with one attached hydrogen (secondary N) is 1. The average molecular weight is 284 g/mol. The van der Waals surface area contributed by atoms with E-state index in [4.69, 9.17) is 5.73 Å². The van der Waals surface area contributed by atoms with E-state index < -0.39 is 0 Å². The second kappa shape index (κ2) is 5.09. The van der Waals surface area contributed by atoms with Crippen LogP contribution in [0.4, 0.5) is 11.4 Å². The van der Waals surface area contributed by atoms with E-state index in [1.54, 1.807) is 11.3 Å². The molecule has 0 aliphatic heterocycles. The fourth-order valence-electron chi connectivity index (χ4n) is 2.06. The van der Waals surface area contributed by atoms with E-state index in [1.807, 2.05) is 38.2 Å². The van der Waals surface area contributed by atoms with Gasteiger partial charge in [0.15, 0.2) is 0 Å². The quantitative estimate of drug-likeness (QED) is 0.722. The number of aromatic nitrogens is 2. The van der Waals surface area contributed by atoms with E-state index in [0.29, 0.717) is 6.54 Å². The Morgan fingerprint density at radius 3 is 2.85 bits per heavy atom. The third-order valence-electron chi connectivity index (χ3n) is 3.12. The summed E-state index contributed by atoms with van der Waals surface area (Å²) in [5.41, 5.74) is 10.9. The SMILES string of the molecule is Cc1ccc(CNc2cc3nc(C)sc3cc2N)cn1. The Morgan fingerprint density at radius 2 is 2.10 bits per heavy atom. The standard InChI is InChI=1S/C15H16N4S/c1-9-3-4-11(7-17-9)8-18-13-6-14-15(5-12(13)16)20-10(2)19-14/h3-7,18H,8,16H2,1-2H3. The minimum atomic E-state index is 0.701. The molecule has 0 radical (unpaired) electrons. The summed E-state index contributed by atoms with van der Waals surface area (Å²) in [6, 6.07) is 8.07. The Morgan fingerprint density at radius 1 is 1.25 bits per heavy atom. The summed E-state index contributed by atoms with van der Waals surface area (Å²) >= 11 is 1.66. The number of nitrogens with two attached hydrogens (primary N) is 1. The molecule has 2 heterocycles. The van der Waals surface area contributed by atoms with Gasteiger partial charge in [-0.05, 0) is 37.6 Å². The molecule has 3 aromatic rings. The molecule has 3 N–H and O–H groups in total. The average Bonchev–Trinajstić information content (AvgIpc) is 2.77. The Hall–Kier alpha value is -2.14. The Labute approximate surface area is 121 Å². The predicted molar refractivity (Wildman–Crippen MR) is 85.1 cm³/mol. The lowest BCUT2D eigenvalue weighted by atomic mass is 10.2. The number of aryl methyl sites for hydroxylation is 2. The van der Waals surface area contributed by atoms with Crippen LogP contribution in [-0.2, 0) is 6.54 Å². The van der Waals surface area contributed by atoms with Gasteiger partial charge in [0, 0.05) is 18.4 Å². The van der Waals surface area contributed by atoms with Crippen molar-refractivity contribution in [3.8, 4) is 0 Å². The van der Waals surface area contributed by atoms with Gasteiger partial charge in [-0.2, -0.15) is 0 Å². The van der Waals surface area contributed by atoms with Crippen molar-refractivity contribution in [2.75, 3.05) is 11.1 Å². The van der Waals surface area contributed by atoms with E-state index in [9.17, 15) is 0 Å². The number of hydrogen-bond acceptors (Lipinski definition) is 5. The molecule has 0 aliphatic carbocycles. The first-order chi connectivity index (χ1) is 9.61. The molecule has 0 amide bonds. The number of benzene rings is 1. The van der Waals surface area contributed by atoms with Crippen LogP contribution in [0.1, 0.15) is 16.3 Å². The van der Waals surface area contributed by atoms with Crippen LogP contribution in [0.2, 0.25) is 0 Å². The highest BCUT2D eigenvalue weighted by molar-refractivity contribution is 7.18. The highest BCUT2D eigenvalue weighted by Gasteiger charge is 2.06. The van der Waals surface area contributed by atoms with E-state index in [0.717, 1.165) is 37.9 Å². The lowest BCUT2D eigenvalue weighted by Crippen LogP contribution is -2.03. The first kappa shape index (κ1) is 12.9. The smallest absolute Gasteiger partial charge is 0.0907 e. The number of rotatable bonds is 3. The monoisotopic (exact) mass is 284 g/mol. The van der Waals surface area contributed by atoms with E-state index >= 15 is 0 Å². The molecule has 0 aliphatic rings. The van der Waals surface area contributed by atoms with Crippen LogP contribution in [0.15, 0.2) is 30.5 Å². The zero-order valence-electron chi connectivity index (χ0n) is 11.5. The molecule has 0 fully saturated rings.